The summed E-state index contributed by atoms with van der Waals surface area (Å²) in [7, 11) is 4.06. The molecule has 8 heteroatoms. The molecule has 0 aliphatic carbocycles. The number of nitrogens with zero attached hydrogens (tertiary/aromatic N) is 2. The summed E-state index contributed by atoms with van der Waals surface area (Å²) in [5.74, 6) is -0.247. The molecule has 2 aromatic carbocycles. The number of ether oxygens (including phenoxy) is 1. The fourth-order valence-corrected chi connectivity index (χ4v) is 2.44. The number of hydroxylamine groups is 1. The summed E-state index contributed by atoms with van der Waals surface area (Å²) < 4.78 is 5.68. The van der Waals surface area contributed by atoms with Crippen LogP contribution in [0.3, 0.4) is 0 Å². The van der Waals surface area contributed by atoms with Gasteiger partial charge in [-0.3, -0.25) is 14.8 Å². The first-order chi connectivity index (χ1) is 14.5. The Morgan fingerprint density at radius 3 is 2.60 bits per heavy atom. The van der Waals surface area contributed by atoms with Gasteiger partial charge in [0.05, 0.1) is 12.8 Å². The molecule has 0 saturated heterocycles. The molecule has 2 aromatic rings. The lowest BCUT2D eigenvalue weighted by Gasteiger charge is -2.10. The van der Waals surface area contributed by atoms with Crippen LogP contribution in [0.25, 0.3) is 6.08 Å². The van der Waals surface area contributed by atoms with Crippen LogP contribution in [0.2, 0.25) is 0 Å². The van der Waals surface area contributed by atoms with E-state index >= 15 is 0 Å². The van der Waals surface area contributed by atoms with Crippen molar-refractivity contribution < 1.29 is 19.5 Å². The van der Waals surface area contributed by atoms with Gasteiger partial charge in [0.15, 0.2) is 0 Å². The van der Waals surface area contributed by atoms with Crippen LogP contribution in [0.1, 0.15) is 27.9 Å². The van der Waals surface area contributed by atoms with Crippen molar-refractivity contribution in [3.63, 3.8) is 0 Å². The molecule has 0 aromatic heterocycles. The van der Waals surface area contributed by atoms with Crippen molar-refractivity contribution in [1.82, 2.24) is 15.8 Å². The number of hydrazone groups is 1. The Kier molecular flexibility index (Phi) is 9.23. The van der Waals surface area contributed by atoms with Crippen molar-refractivity contribution in [2.24, 2.45) is 5.10 Å². The third kappa shape index (κ3) is 8.26. The first-order valence-corrected chi connectivity index (χ1v) is 9.41. The lowest BCUT2D eigenvalue weighted by Crippen LogP contribution is -2.17. The lowest BCUT2D eigenvalue weighted by molar-refractivity contribution is -0.124. The third-order valence-electron chi connectivity index (χ3n) is 3.96. The second kappa shape index (κ2) is 12.2. The Hall–Kier alpha value is -3.49. The minimum absolute atomic E-state index is 0.381. The van der Waals surface area contributed by atoms with Gasteiger partial charge in [-0.2, -0.15) is 5.10 Å². The Morgan fingerprint density at radius 2 is 1.90 bits per heavy atom. The fraction of sp³-hybridized carbons (Fsp3) is 0.227. The summed E-state index contributed by atoms with van der Waals surface area (Å²) in [6.07, 6.45) is 5.14. The summed E-state index contributed by atoms with van der Waals surface area (Å²) in [4.78, 5) is 25.4. The maximum absolute atomic E-state index is 12.2. The highest BCUT2D eigenvalue weighted by Gasteiger charge is 2.04. The number of benzene rings is 2. The molecular weight excluding hydrogens is 384 g/mol. The minimum atomic E-state index is -0.653. The number of amides is 2. The van der Waals surface area contributed by atoms with E-state index in [9.17, 15) is 9.59 Å². The van der Waals surface area contributed by atoms with Crippen molar-refractivity contribution >= 4 is 24.1 Å². The Balaban J connectivity index is 1.85. The van der Waals surface area contributed by atoms with Crippen molar-refractivity contribution in [2.45, 2.75) is 6.42 Å². The van der Waals surface area contributed by atoms with Crippen molar-refractivity contribution in [1.29, 1.82) is 0 Å². The topological polar surface area (TPSA) is 103 Å². The largest absolute Gasteiger partial charge is 0.494 e. The molecule has 0 bridgehead atoms. The molecule has 30 heavy (non-hydrogen) atoms. The molecule has 8 nitrogen and oxygen atoms in total. The van der Waals surface area contributed by atoms with Gasteiger partial charge in [-0.05, 0) is 74.1 Å². The van der Waals surface area contributed by atoms with Crippen LogP contribution >= 0.6 is 0 Å². The molecule has 0 saturated carbocycles. The zero-order valence-corrected chi connectivity index (χ0v) is 17.0. The second-order valence-electron chi connectivity index (χ2n) is 6.71. The van der Waals surface area contributed by atoms with Gasteiger partial charge >= 0.3 is 0 Å². The molecule has 2 amide bonds. The van der Waals surface area contributed by atoms with Crippen LogP contribution in [0.4, 0.5) is 0 Å². The Labute approximate surface area is 175 Å². The average molecular weight is 410 g/mol. The van der Waals surface area contributed by atoms with Gasteiger partial charge in [0.2, 0.25) is 0 Å². The Bertz CT molecular complexity index is 892. The summed E-state index contributed by atoms with van der Waals surface area (Å²) >= 11 is 0. The number of carbonyl (C=O) groups is 2. The van der Waals surface area contributed by atoms with Gasteiger partial charge in [-0.15, -0.1) is 0 Å². The normalized spacial score (nSPS) is 11.2. The molecule has 3 N–H and O–H groups in total. The van der Waals surface area contributed by atoms with Crippen molar-refractivity contribution in [3.05, 3.63) is 71.3 Å². The molecule has 0 unspecified atom stereocenters. The lowest BCUT2D eigenvalue weighted by atomic mass is 10.1. The van der Waals surface area contributed by atoms with E-state index in [-0.39, 0.29) is 5.91 Å². The predicted octanol–water partition coefficient (Wildman–Crippen LogP) is 2.30. The predicted molar refractivity (Wildman–Crippen MR) is 116 cm³/mol. The standard InChI is InChI=1S/C22H26N4O4/c1-26(2)13-4-14-30-20-10-7-18(8-11-20)16-23-24-22(28)19-6-3-5-17(15-19)9-12-21(27)25-29/h3,5-12,15-16,29H,4,13-14H2,1-2H3,(H,24,28)(H,25,27)/b12-9+,23-16+. The number of hydrogen-bond donors (Lipinski definition) is 3. The maximum Gasteiger partial charge on any atom is 0.271 e. The van der Waals surface area contributed by atoms with E-state index < -0.39 is 5.91 Å². The zero-order valence-electron chi connectivity index (χ0n) is 17.0. The monoisotopic (exact) mass is 410 g/mol. The highest BCUT2D eigenvalue weighted by atomic mass is 16.5. The first-order valence-electron chi connectivity index (χ1n) is 9.41. The number of carbonyl (C=O) groups excluding carboxylic acids is 2. The average Bonchev–Trinajstić information content (AvgIpc) is 2.76. The quantitative estimate of drug-likeness (QED) is 0.183. The Morgan fingerprint density at radius 1 is 1.13 bits per heavy atom. The van der Waals surface area contributed by atoms with Gasteiger partial charge in [-0.25, -0.2) is 10.9 Å². The minimum Gasteiger partial charge on any atom is -0.494 e. The van der Waals surface area contributed by atoms with E-state index in [2.05, 4.69) is 15.4 Å². The molecule has 0 spiro atoms. The van der Waals surface area contributed by atoms with Crippen LogP contribution in [0, 0.1) is 0 Å². The summed E-state index contributed by atoms with van der Waals surface area (Å²) in [5.41, 5.74) is 5.82. The van der Waals surface area contributed by atoms with Crippen molar-refractivity contribution in [3.8, 4) is 5.75 Å². The van der Waals surface area contributed by atoms with E-state index in [4.69, 9.17) is 9.94 Å². The highest BCUT2D eigenvalue weighted by Crippen LogP contribution is 2.11. The molecule has 0 aliphatic heterocycles. The number of nitrogens with one attached hydrogen (secondary N) is 2. The van der Waals surface area contributed by atoms with Crippen LogP contribution in [-0.2, 0) is 4.79 Å². The smallest absolute Gasteiger partial charge is 0.271 e. The van der Waals surface area contributed by atoms with E-state index in [0.29, 0.717) is 17.7 Å². The summed E-state index contributed by atoms with van der Waals surface area (Å²) in [5, 5.41) is 12.5. The maximum atomic E-state index is 12.2. The second-order valence-corrected chi connectivity index (χ2v) is 6.71. The van der Waals surface area contributed by atoms with E-state index in [1.165, 1.54) is 11.6 Å². The third-order valence-corrected chi connectivity index (χ3v) is 3.96. The SMILES string of the molecule is CN(C)CCCOc1ccc(/C=N/NC(=O)c2cccc(/C=C/C(=O)NO)c2)cc1. The molecule has 0 radical (unpaired) electrons. The number of rotatable bonds is 10. The van der Waals surface area contributed by atoms with Gasteiger partial charge in [-0.1, -0.05) is 12.1 Å². The molecule has 0 fully saturated rings. The van der Waals surface area contributed by atoms with Crippen LogP contribution in [-0.4, -0.2) is 55.4 Å². The van der Waals surface area contributed by atoms with Gasteiger partial charge in [0.25, 0.3) is 11.8 Å². The van der Waals surface area contributed by atoms with E-state index in [0.717, 1.165) is 30.4 Å². The fourth-order valence-electron chi connectivity index (χ4n) is 2.44. The zero-order chi connectivity index (χ0) is 21.8. The molecule has 2 rings (SSSR count). The van der Waals surface area contributed by atoms with Crippen LogP contribution in [0.5, 0.6) is 5.75 Å². The van der Waals surface area contributed by atoms with Gasteiger partial charge < -0.3 is 9.64 Å². The molecule has 0 atom stereocenters. The number of hydrogen-bond acceptors (Lipinski definition) is 6. The van der Waals surface area contributed by atoms with Crippen LogP contribution in [0.15, 0.2) is 59.7 Å². The van der Waals surface area contributed by atoms with E-state index in [1.54, 1.807) is 30.5 Å². The molecule has 0 heterocycles. The van der Waals surface area contributed by atoms with Crippen molar-refractivity contribution in [2.75, 3.05) is 27.2 Å². The highest BCUT2D eigenvalue weighted by molar-refractivity contribution is 5.96. The molecular formula is C22H26N4O4. The molecule has 0 aliphatic rings. The summed E-state index contributed by atoms with van der Waals surface area (Å²) in [6, 6.07) is 14.1. The van der Waals surface area contributed by atoms with Gasteiger partial charge in [0, 0.05) is 18.2 Å². The van der Waals surface area contributed by atoms with E-state index in [1.807, 2.05) is 38.4 Å². The van der Waals surface area contributed by atoms with Crippen LogP contribution < -0.4 is 15.6 Å². The molecule has 158 valence electrons. The summed E-state index contributed by atoms with van der Waals surface area (Å²) in [6.45, 7) is 1.63. The first kappa shape index (κ1) is 22.8. The van der Waals surface area contributed by atoms with Gasteiger partial charge in [0.1, 0.15) is 5.75 Å².